The van der Waals surface area contributed by atoms with Gasteiger partial charge in [-0.15, -0.1) is 0 Å². The standard InChI is InChI=1S/C15H24N2O2/c1-11(2)10-17-15(18)12(3)19-14-6-4-13(5-7-14)8-9-16/h4-7,11-12H,8-10,16H2,1-3H3,(H,17,18). The number of benzene rings is 1. The second-order valence-electron chi connectivity index (χ2n) is 5.08. The van der Waals surface area contributed by atoms with Crippen LogP contribution in [-0.2, 0) is 11.2 Å². The fourth-order valence-corrected chi connectivity index (χ4v) is 1.61. The lowest BCUT2D eigenvalue weighted by atomic mass is 10.1. The first-order valence-electron chi connectivity index (χ1n) is 6.76. The van der Waals surface area contributed by atoms with E-state index in [2.05, 4.69) is 19.2 Å². The Morgan fingerprint density at radius 2 is 1.89 bits per heavy atom. The Morgan fingerprint density at radius 1 is 1.26 bits per heavy atom. The maximum Gasteiger partial charge on any atom is 0.260 e. The van der Waals surface area contributed by atoms with Gasteiger partial charge in [0.25, 0.3) is 5.91 Å². The molecule has 0 radical (unpaired) electrons. The molecule has 1 amide bonds. The summed E-state index contributed by atoms with van der Waals surface area (Å²) in [6.45, 7) is 7.17. The molecule has 0 saturated carbocycles. The molecule has 1 unspecified atom stereocenters. The Labute approximate surface area is 115 Å². The average Bonchev–Trinajstić information content (AvgIpc) is 2.38. The number of hydrogen-bond donors (Lipinski definition) is 2. The lowest BCUT2D eigenvalue weighted by Gasteiger charge is -2.15. The molecule has 0 aliphatic heterocycles. The highest BCUT2D eigenvalue weighted by Crippen LogP contribution is 2.14. The van der Waals surface area contributed by atoms with E-state index >= 15 is 0 Å². The molecule has 0 spiro atoms. The van der Waals surface area contributed by atoms with E-state index in [1.54, 1.807) is 6.92 Å². The highest BCUT2D eigenvalue weighted by Gasteiger charge is 2.14. The van der Waals surface area contributed by atoms with Crippen molar-refractivity contribution < 1.29 is 9.53 Å². The molecule has 0 aliphatic carbocycles. The monoisotopic (exact) mass is 264 g/mol. The highest BCUT2D eigenvalue weighted by molar-refractivity contribution is 5.80. The first-order valence-corrected chi connectivity index (χ1v) is 6.76. The van der Waals surface area contributed by atoms with Crippen LogP contribution in [0.3, 0.4) is 0 Å². The van der Waals surface area contributed by atoms with Crippen LogP contribution < -0.4 is 15.8 Å². The van der Waals surface area contributed by atoms with Crippen molar-refractivity contribution in [1.29, 1.82) is 0 Å². The van der Waals surface area contributed by atoms with Gasteiger partial charge >= 0.3 is 0 Å². The lowest BCUT2D eigenvalue weighted by molar-refractivity contribution is -0.127. The van der Waals surface area contributed by atoms with Gasteiger partial charge in [0.2, 0.25) is 0 Å². The Morgan fingerprint density at radius 3 is 2.42 bits per heavy atom. The summed E-state index contributed by atoms with van der Waals surface area (Å²) in [5, 5.41) is 2.85. The first-order chi connectivity index (χ1) is 9.02. The van der Waals surface area contributed by atoms with Crippen LogP contribution in [0.4, 0.5) is 0 Å². The third-order valence-corrected chi connectivity index (χ3v) is 2.72. The maximum atomic E-state index is 11.8. The van der Waals surface area contributed by atoms with Crippen molar-refractivity contribution in [2.75, 3.05) is 13.1 Å². The van der Waals surface area contributed by atoms with E-state index in [-0.39, 0.29) is 5.91 Å². The van der Waals surface area contributed by atoms with Gasteiger partial charge in [-0.1, -0.05) is 26.0 Å². The van der Waals surface area contributed by atoms with E-state index in [0.29, 0.717) is 24.8 Å². The molecule has 0 bridgehead atoms. The van der Waals surface area contributed by atoms with Gasteiger partial charge in [-0.2, -0.15) is 0 Å². The van der Waals surface area contributed by atoms with E-state index < -0.39 is 6.10 Å². The van der Waals surface area contributed by atoms with Crippen LogP contribution in [0, 0.1) is 5.92 Å². The number of nitrogens with two attached hydrogens (primary N) is 1. The molecular formula is C15H24N2O2. The van der Waals surface area contributed by atoms with Crippen molar-refractivity contribution in [3.8, 4) is 5.75 Å². The number of nitrogens with one attached hydrogen (secondary N) is 1. The van der Waals surface area contributed by atoms with Gasteiger partial charge < -0.3 is 15.8 Å². The number of carbonyl (C=O) groups excluding carboxylic acids is 1. The van der Waals surface area contributed by atoms with Crippen LogP contribution in [0.15, 0.2) is 24.3 Å². The summed E-state index contributed by atoms with van der Waals surface area (Å²) in [6.07, 6.45) is 0.365. The van der Waals surface area contributed by atoms with Crippen LogP contribution in [0.2, 0.25) is 0 Å². The number of rotatable bonds is 7. The van der Waals surface area contributed by atoms with Crippen molar-refractivity contribution in [2.45, 2.75) is 33.3 Å². The Kier molecular flexibility index (Phi) is 6.36. The van der Waals surface area contributed by atoms with Crippen LogP contribution in [-0.4, -0.2) is 25.1 Å². The Bertz CT molecular complexity index is 388. The molecule has 0 fully saturated rings. The van der Waals surface area contributed by atoms with Crippen LogP contribution in [0.1, 0.15) is 26.3 Å². The summed E-state index contributed by atoms with van der Waals surface area (Å²) in [6, 6.07) is 7.69. The summed E-state index contributed by atoms with van der Waals surface area (Å²) in [5.41, 5.74) is 6.67. The van der Waals surface area contributed by atoms with Gasteiger partial charge in [0.1, 0.15) is 5.75 Å². The minimum absolute atomic E-state index is 0.0836. The molecule has 1 atom stereocenters. The molecule has 0 heterocycles. The van der Waals surface area contributed by atoms with E-state index in [1.165, 1.54) is 5.56 Å². The van der Waals surface area contributed by atoms with E-state index in [0.717, 1.165) is 6.42 Å². The van der Waals surface area contributed by atoms with Crippen molar-refractivity contribution in [2.24, 2.45) is 11.7 Å². The van der Waals surface area contributed by atoms with Gasteiger partial charge in [-0.25, -0.2) is 0 Å². The smallest absolute Gasteiger partial charge is 0.260 e. The third kappa shape index (κ3) is 5.75. The van der Waals surface area contributed by atoms with Gasteiger partial charge in [0.05, 0.1) is 0 Å². The van der Waals surface area contributed by atoms with E-state index in [1.807, 2.05) is 24.3 Å². The zero-order valence-corrected chi connectivity index (χ0v) is 12.0. The summed E-state index contributed by atoms with van der Waals surface area (Å²) < 4.78 is 5.60. The van der Waals surface area contributed by atoms with Gasteiger partial charge in [0.15, 0.2) is 6.10 Å². The van der Waals surface area contributed by atoms with E-state index in [4.69, 9.17) is 10.5 Å². The van der Waals surface area contributed by atoms with Gasteiger partial charge in [-0.05, 0) is 43.5 Å². The topological polar surface area (TPSA) is 64.3 Å². The summed E-state index contributed by atoms with van der Waals surface area (Å²) in [7, 11) is 0. The number of ether oxygens (including phenoxy) is 1. The van der Waals surface area contributed by atoms with Gasteiger partial charge in [-0.3, -0.25) is 4.79 Å². The summed E-state index contributed by atoms with van der Waals surface area (Å²) in [4.78, 5) is 11.8. The van der Waals surface area contributed by atoms with Crippen molar-refractivity contribution in [3.63, 3.8) is 0 Å². The number of amides is 1. The van der Waals surface area contributed by atoms with Crippen LogP contribution in [0.5, 0.6) is 5.75 Å². The highest BCUT2D eigenvalue weighted by atomic mass is 16.5. The normalized spacial score (nSPS) is 12.3. The zero-order valence-electron chi connectivity index (χ0n) is 12.0. The molecule has 106 valence electrons. The second kappa shape index (κ2) is 7.79. The van der Waals surface area contributed by atoms with Crippen molar-refractivity contribution in [3.05, 3.63) is 29.8 Å². The SMILES string of the molecule is CC(C)CNC(=O)C(C)Oc1ccc(CCN)cc1. The minimum atomic E-state index is -0.487. The molecule has 1 aromatic rings. The fourth-order valence-electron chi connectivity index (χ4n) is 1.61. The molecule has 0 aliphatic rings. The largest absolute Gasteiger partial charge is 0.481 e. The average molecular weight is 264 g/mol. The zero-order chi connectivity index (χ0) is 14.3. The molecule has 0 saturated heterocycles. The number of carbonyl (C=O) groups is 1. The predicted octanol–water partition coefficient (Wildman–Crippen LogP) is 1.73. The molecular weight excluding hydrogens is 240 g/mol. The molecule has 1 aromatic carbocycles. The fraction of sp³-hybridized carbons (Fsp3) is 0.533. The van der Waals surface area contributed by atoms with Crippen molar-refractivity contribution >= 4 is 5.91 Å². The molecule has 4 nitrogen and oxygen atoms in total. The van der Waals surface area contributed by atoms with Crippen LogP contribution >= 0.6 is 0 Å². The van der Waals surface area contributed by atoms with Crippen molar-refractivity contribution in [1.82, 2.24) is 5.32 Å². The molecule has 0 aromatic heterocycles. The first kappa shape index (κ1) is 15.5. The quantitative estimate of drug-likeness (QED) is 0.788. The molecule has 19 heavy (non-hydrogen) atoms. The molecule has 4 heteroatoms. The predicted molar refractivity (Wildman–Crippen MR) is 77.1 cm³/mol. The second-order valence-corrected chi connectivity index (χ2v) is 5.08. The minimum Gasteiger partial charge on any atom is -0.481 e. The third-order valence-electron chi connectivity index (χ3n) is 2.72. The lowest BCUT2D eigenvalue weighted by Crippen LogP contribution is -2.38. The van der Waals surface area contributed by atoms with Crippen LogP contribution in [0.25, 0.3) is 0 Å². The molecule has 3 N–H and O–H groups in total. The maximum absolute atomic E-state index is 11.8. The summed E-state index contributed by atoms with van der Waals surface area (Å²) >= 11 is 0. The van der Waals surface area contributed by atoms with E-state index in [9.17, 15) is 4.79 Å². The van der Waals surface area contributed by atoms with Gasteiger partial charge in [0, 0.05) is 6.54 Å². The number of hydrogen-bond acceptors (Lipinski definition) is 3. The summed E-state index contributed by atoms with van der Waals surface area (Å²) in [5.74, 6) is 1.05. The Hall–Kier alpha value is -1.55. The Balaban J connectivity index is 2.47. The molecule has 1 rings (SSSR count).